The summed E-state index contributed by atoms with van der Waals surface area (Å²) in [5.74, 6) is 0. The molecule has 144 valence electrons. The normalized spacial score (nSPS) is 10.8. The first-order valence-electron chi connectivity index (χ1n) is 6.37. The second-order valence-electron chi connectivity index (χ2n) is 4.84. The predicted octanol–water partition coefficient (Wildman–Crippen LogP) is -4.32. The Morgan fingerprint density at radius 1 is 0.679 bits per heavy atom. The number of nitrogen functional groups attached to an aromatic ring is 2. The van der Waals surface area contributed by atoms with E-state index in [-0.39, 0.29) is 106 Å². The van der Waals surface area contributed by atoms with Gasteiger partial charge in [-0.05, 0) is 35.4 Å². The largest absolute Gasteiger partial charge is 1.00 e. The van der Waals surface area contributed by atoms with Crippen molar-refractivity contribution in [3.63, 3.8) is 0 Å². The van der Waals surface area contributed by atoms with Crippen molar-refractivity contribution in [3.8, 4) is 0 Å². The molecule has 0 radical (unpaired) electrons. The number of benzene rings is 2. The zero-order chi connectivity index (χ0) is 18.1. The van der Waals surface area contributed by atoms with Crippen LogP contribution < -0.4 is 70.6 Å². The third-order valence-corrected chi connectivity index (χ3v) is 4.84. The summed E-state index contributed by atoms with van der Waals surface area (Å²) in [5, 5.41) is 0. The molecule has 2 aromatic carbocycles. The van der Waals surface area contributed by atoms with Crippen LogP contribution in [0.3, 0.4) is 0 Å². The molecule has 4 N–H and O–H groups in total. The van der Waals surface area contributed by atoms with E-state index >= 15 is 0 Å². The molecular weight excluding hydrogens is 473 g/mol. The van der Waals surface area contributed by atoms with Crippen LogP contribution in [0.1, 0.15) is 11.1 Å². The Balaban J connectivity index is -0.00000156. The quantitative estimate of drug-likeness (QED) is 0.189. The Morgan fingerprint density at radius 2 is 0.964 bits per heavy atom. The van der Waals surface area contributed by atoms with E-state index in [1.807, 2.05) is 0 Å². The molecule has 28 heavy (non-hydrogen) atoms. The van der Waals surface area contributed by atoms with Crippen LogP contribution in [0.15, 0.2) is 46.2 Å². The van der Waals surface area contributed by atoms with Crippen LogP contribution in [-0.2, 0) is 20.2 Å². The summed E-state index contributed by atoms with van der Waals surface area (Å²) >= 11 is 0. The van der Waals surface area contributed by atoms with Gasteiger partial charge in [0.05, 0.1) is 9.79 Å². The Bertz CT molecular complexity index is 964. The molecule has 2 aromatic rings. The van der Waals surface area contributed by atoms with Crippen LogP contribution in [0.4, 0.5) is 11.4 Å². The number of anilines is 2. The second kappa shape index (κ2) is 12.8. The maximum absolute atomic E-state index is 11.3. The van der Waals surface area contributed by atoms with E-state index in [4.69, 9.17) is 11.5 Å². The summed E-state index contributed by atoms with van der Waals surface area (Å²) < 4.78 is 67.7. The van der Waals surface area contributed by atoms with Gasteiger partial charge in [-0.15, -0.1) is 24.8 Å². The van der Waals surface area contributed by atoms with Gasteiger partial charge in [-0.1, -0.05) is 24.3 Å². The second-order valence-corrected chi connectivity index (χ2v) is 7.53. The SMILES string of the molecule is Cl.Cl.Nc1ccc(C=Cc2ccc(N)cc2S(=O)(=O)[O-])c(S(=O)(=O)[O-])c1.[Na+].[Na+]. The summed E-state index contributed by atoms with van der Waals surface area (Å²) in [6, 6.07) is 7.33. The number of nitrogens with two attached hydrogens (primary N) is 2. The molecule has 0 atom stereocenters. The zero-order valence-corrected chi connectivity index (χ0v) is 22.1. The van der Waals surface area contributed by atoms with Gasteiger partial charge in [-0.2, -0.15) is 0 Å². The standard InChI is InChI=1S/C14H14N2O6S2.2ClH.2Na/c15-11-5-3-9(13(7-11)23(17,18)19)1-2-10-4-6-12(16)8-14(10)24(20,21)22;;;;/h1-8H,15-16H2,(H,17,18,19)(H,20,21,22);2*1H;;/q;;;2*+1/p-2. The molecular formula is C14H14Cl2N2Na2O6S2. The van der Waals surface area contributed by atoms with Crippen molar-refractivity contribution in [1.29, 1.82) is 0 Å². The van der Waals surface area contributed by atoms with E-state index in [9.17, 15) is 25.9 Å². The number of halogens is 2. The predicted molar refractivity (Wildman–Crippen MR) is 101 cm³/mol. The topological polar surface area (TPSA) is 166 Å². The molecule has 0 saturated heterocycles. The van der Waals surface area contributed by atoms with Crippen LogP contribution in [0.5, 0.6) is 0 Å². The van der Waals surface area contributed by atoms with E-state index in [0.717, 1.165) is 12.1 Å². The molecule has 0 amide bonds. The van der Waals surface area contributed by atoms with Gasteiger partial charge < -0.3 is 20.6 Å². The summed E-state index contributed by atoms with van der Waals surface area (Å²) in [7, 11) is -9.57. The molecule has 0 aliphatic heterocycles. The molecule has 2 rings (SSSR count). The van der Waals surface area contributed by atoms with Crippen LogP contribution in [-0.4, -0.2) is 25.9 Å². The first-order chi connectivity index (χ1) is 11.0. The van der Waals surface area contributed by atoms with Crippen molar-refractivity contribution in [1.82, 2.24) is 0 Å². The molecule has 0 spiro atoms. The van der Waals surface area contributed by atoms with E-state index in [0.29, 0.717) is 0 Å². The molecule has 0 aliphatic carbocycles. The Labute approximate surface area is 220 Å². The monoisotopic (exact) mass is 486 g/mol. The van der Waals surface area contributed by atoms with Crippen molar-refractivity contribution in [2.24, 2.45) is 0 Å². The third kappa shape index (κ3) is 8.90. The van der Waals surface area contributed by atoms with Gasteiger partial charge in [-0.3, -0.25) is 0 Å². The average molecular weight is 487 g/mol. The molecule has 0 saturated carbocycles. The van der Waals surface area contributed by atoms with Crippen molar-refractivity contribution < 1.29 is 85.1 Å². The Hall–Kier alpha value is 0.180. The number of rotatable bonds is 4. The summed E-state index contributed by atoms with van der Waals surface area (Å²) in [6.45, 7) is 0. The maximum atomic E-state index is 11.3. The van der Waals surface area contributed by atoms with Gasteiger partial charge in [0.15, 0.2) is 0 Å². The number of hydrogen-bond donors (Lipinski definition) is 2. The fraction of sp³-hybridized carbons (Fsp3) is 0. The zero-order valence-electron chi connectivity index (χ0n) is 14.9. The molecule has 0 aliphatic rings. The van der Waals surface area contributed by atoms with Gasteiger partial charge in [0.1, 0.15) is 20.2 Å². The fourth-order valence-corrected chi connectivity index (χ4v) is 3.40. The van der Waals surface area contributed by atoms with Gasteiger partial charge in [0.2, 0.25) is 0 Å². The summed E-state index contributed by atoms with van der Waals surface area (Å²) in [5.41, 5.74) is 11.1. The summed E-state index contributed by atoms with van der Waals surface area (Å²) in [6.07, 6.45) is 2.40. The Morgan fingerprint density at radius 3 is 1.21 bits per heavy atom. The van der Waals surface area contributed by atoms with Gasteiger partial charge in [-0.25, -0.2) is 16.8 Å². The molecule has 0 heterocycles. The maximum Gasteiger partial charge on any atom is 1.00 e. The first-order valence-corrected chi connectivity index (χ1v) is 9.19. The minimum absolute atomic E-state index is 0. The smallest absolute Gasteiger partial charge is 0.744 e. The molecule has 0 fully saturated rings. The fourth-order valence-electron chi connectivity index (χ4n) is 1.99. The van der Waals surface area contributed by atoms with Crippen LogP contribution >= 0.6 is 24.8 Å². The third-order valence-electron chi connectivity index (χ3n) is 3.06. The van der Waals surface area contributed by atoms with Crippen LogP contribution in [0.2, 0.25) is 0 Å². The number of hydrogen-bond acceptors (Lipinski definition) is 8. The van der Waals surface area contributed by atoms with Crippen LogP contribution in [0.25, 0.3) is 12.2 Å². The molecule has 0 bridgehead atoms. The van der Waals surface area contributed by atoms with E-state index in [1.165, 1.54) is 36.4 Å². The van der Waals surface area contributed by atoms with Crippen molar-refractivity contribution >= 4 is 68.6 Å². The van der Waals surface area contributed by atoms with E-state index in [1.54, 1.807) is 0 Å². The molecule has 0 unspecified atom stereocenters. The molecule has 8 nitrogen and oxygen atoms in total. The molecule has 0 aromatic heterocycles. The minimum atomic E-state index is -4.79. The van der Waals surface area contributed by atoms with Crippen molar-refractivity contribution in [2.45, 2.75) is 9.79 Å². The minimum Gasteiger partial charge on any atom is -0.744 e. The van der Waals surface area contributed by atoms with Crippen molar-refractivity contribution in [3.05, 3.63) is 47.5 Å². The van der Waals surface area contributed by atoms with E-state index in [2.05, 4.69) is 0 Å². The van der Waals surface area contributed by atoms with Crippen molar-refractivity contribution in [2.75, 3.05) is 11.5 Å². The van der Waals surface area contributed by atoms with Gasteiger partial charge in [0, 0.05) is 11.4 Å². The summed E-state index contributed by atoms with van der Waals surface area (Å²) in [4.78, 5) is -1.11. The average Bonchev–Trinajstić information content (AvgIpc) is 2.45. The van der Waals surface area contributed by atoms with Gasteiger partial charge >= 0.3 is 59.1 Å². The Kier molecular flexibility index (Phi) is 15.0. The molecule has 14 heteroatoms. The van der Waals surface area contributed by atoms with Crippen LogP contribution in [0, 0.1) is 0 Å². The van der Waals surface area contributed by atoms with Gasteiger partial charge in [0.25, 0.3) is 0 Å². The van der Waals surface area contributed by atoms with E-state index < -0.39 is 30.0 Å². The first kappa shape index (κ1) is 32.8.